The molecule has 0 unspecified atom stereocenters. The van der Waals surface area contributed by atoms with Crippen molar-refractivity contribution in [1.82, 2.24) is 9.38 Å². The molecule has 0 saturated carbocycles. The largest absolute Gasteiger partial charge is 0.280 e. The van der Waals surface area contributed by atoms with E-state index in [1.54, 1.807) is 10.6 Å². The van der Waals surface area contributed by atoms with Gasteiger partial charge in [-0.2, -0.15) is 0 Å². The van der Waals surface area contributed by atoms with Crippen molar-refractivity contribution >= 4 is 23.1 Å². The minimum absolute atomic E-state index is 0.228. The van der Waals surface area contributed by atoms with E-state index in [1.807, 2.05) is 33.8 Å². The summed E-state index contributed by atoms with van der Waals surface area (Å²) in [6.07, 6.45) is 1.67. The van der Waals surface area contributed by atoms with Gasteiger partial charge < -0.3 is 0 Å². The summed E-state index contributed by atoms with van der Waals surface area (Å²) in [7, 11) is 0. The maximum atomic E-state index is 11.0. The number of fused-ring (bicyclic) bond motifs is 1. The van der Waals surface area contributed by atoms with Crippen LogP contribution in [0.1, 0.15) is 32.0 Å². The van der Waals surface area contributed by atoms with Crippen LogP contribution in [0.4, 0.5) is 5.82 Å². The Kier molecular flexibility index (Phi) is 2.70. The first-order valence-electron chi connectivity index (χ1n) is 5.36. The molecule has 0 saturated heterocycles. The fourth-order valence-corrected chi connectivity index (χ4v) is 2.11. The van der Waals surface area contributed by atoms with Crippen LogP contribution in [-0.4, -0.2) is 9.38 Å². The number of imidazole rings is 1. The van der Waals surface area contributed by atoms with Gasteiger partial charge in [0.2, 0.25) is 5.82 Å². The second-order valence-corrected chi connectivity index (χ2v) is 5.60. The van der Waals surface area contributed by atoms with E-state index >= 15 is 0 Å². The summed E-state index contributed by atoms with van der Waals surface area (Å²) in [5.74, 6) is 0.332. The summed E-state index contributed by atoms with van der Waals surface area (Å²) in [6, 6.07) is 1.82. The highest BCUT2D eigenvalue weighted by Crippen LogP contribution is 2.33. The molecule has 4 nitrogen and oxygen atoms in total. The molecule has 0 aliphatic carbocycles. The van der Waals surface area contributed by atoms with Crippen LogP contribution in [0.2, 0.25) is 5.02 Å². The molecule has 0 amide bonds. The maximum Gasteiger partial charge on any atom is 0.205 e. The number of pyridine rings is 1. The van der Waals surface area contributed by atoms with E-state index in [4.69, 9.17) is 11.6 Å². The zero-order valence-electron chi connectivity index (χ0n) is 10.3. The zero-order valence-corrected chi connectivity index (χ0v) is 11.0. The third-order valence-electron chi connectivity index (χ3n) is 2.64. The van der Waals surface area contributed by atoms with Crippen LogP contribution in [0, 0.1) is 11.8 Å². The van der Waals surface area contributed by atoms with E-state index in [0.717, 1.165) is 11.2 Å². The molecule has 2 aromatic heterocycles. The van der Waals surface area contributed by atoms with Gasteiger partial charge >= 0.3 is 0 Å². The van der Waals surface area contributed by atoms with Gasteiger partial charge in [0.1, 0.15) is 5.65 Å². The van der Waals surface area contributed by atoms with E-state index in [0.29, 0.717) is 16.5 Å². The predicted octanol–water partition coefficient (Wildman–Crippen LogP) is 3.99. The lowest BCUT2D eigenvalue weighted by molar-refractivity contribution is 0.574. The van der Waals surface area contributed by atoms with Crippen molar-refractivity contribution < 1.29 is 0 Å². The number of aryl methyl sites for hydroxylation is 1. The maximum absolute atomic E-state index is 11.0. The Labute approximate surface area is 105 Å². The van der Waals surface area contributed by atoms with Crippen molar-refractivity contribution in [1.29, 1.82) is 0 Å². The first-order chi connectivity index (χ1) is 7.84. The normalized spacial score (nSPS) is 12.1. The third kappa shape index (κ3) is 1.93. The Morgan fingerprint density at radius 1 is 1.41 bits per heavy atom. The van der Waals surface area contributed by atoms with E-state index in [9.17, 15) is 4.91 Å². The van der Waals surface area contributed by atoms with Crippen molar-refractivity contribution in [3.63, 3.8) is 0 Å². The molecule has 0 spiro atoms. The molecule has 0 aromatic carbocycles. The van der Waals surface area contributed by atoms with Gasteiger partial charge in [0.15, 0.2) is 0 Å². The second-order valence-electron chi connectivity index (χ2n) is 5.16. The van der Waals surface area contributed by atoms with Crippen LogP contribution < -0.4 is 0 Å². The van der Waals surface area contributed by atoms with Crippen LogP contribution >= 0.6 is 11.6 Å². The number of hydrogen-bond donors (Lipinski definition) is 0. The molecular weight excluding hydrogens is 238 g/mol. The molecule has 0 atom stereocenters. The smallest absolute Gasteiger partial charge is 0.205 e. The number of nitroso groups, excluding NO2 is 1. The van der Waals surface area contributed by atoms with Crippen LogP contribution in [0.25, 0.3) is 5.65 Å². The molecule has 2 aromatic rings. The minimum atomic E-state index is -0.228. The van der Waals surface area contributed by atoms with Crippen molar-refractivity contribution in [2.45, 2.75) is 33.1 Å². The van der Waals surface area contributed by atoms with E-state index < -0.39 is 0 Å². The summed E-state index contributed by atoms with van der Waals surface area (Å²) in [6.45, 7) is 7.91. The molecule has 0 fully saturated rings. The predicted molar refractivity (Wildman–Crippen MR) is 69.1 cm³/mol. The SMILES string of the molecule is Cc1cc(Cl)cn2c(N=O)c(C(C)(C)C)nc12. The van der Waals surface area contributed by atoms with Gasteiger partial charge in [-0.25, -0.2) is 4.98 Å². The summed E-state index contributed by atoms with van der Waals surface area (Å²) in [5, 5.41) is 3.67. The second kappa shape index (κ2) is 3.81. The Morgan fingerprint density at radius 3 is 2.59 bits per heavy atom. The Morgan fingerprint density at radius 2 is 2.06 bits per heavy atom. The summed E-state index contributed by atoms with van der Waals surface area (Å²) in [5.41, 5.74) is 2.12. The summed E-state index contributed by atoms with van der Waals surface area (Å²) < 4.78 is 1.66. The average molecular weight is 252 g/mol. The van der Waals surface area contributed by atoms with Crippen molar-refractivity contribution in [2.75, 3.05) is 0 Å². The van der Waals surface area contributed by atoms with Gasteiger partial charge in [-0.3, -0.25) is 4.40 Å². The van der Waals surface area contributed by atoms with Crippen LogP contribution in [-0.2, 0) is 5.41 Å². The topological polar surface area (TPSA) is 46.7 Å². The quantitative estimate of drug-likeness (QED) is 0.720. The Bertz CT molecular complexity index is 596. The standard InChI is InChI=1S/C12H14ClN3O/c1-7-5-8(13)6-16-10(7)14-9(11(16)15-17)12(2,3)4/h5-6H,1-4H3. The number of halogens is 1. The number of aromatic nitrogens is 2. The molecule has 0 radical (unpaired) electrons. The molecule has 17 heavy (non-hydrogen) atoms. The first kappa shape index (κ1) is 12.0. The molecule has 90 valence electrons. The Hall–Kier alpha value is -1.42. The molecule has 0 N–H and O–H groups in total. The van der Waals surface area contributed by atoms with Gasteiger partial charge in [-0.05, 0) is 23.7 Å². The number of nitrogens with zero attached hydrogens (tertiary/aromatic N) is 3. The van der Waals surface area contributed by atoms with Gasteiger partial charge in [-0.15, -0.1) is 4.91 Å². The molecule has 5 heteroatoms. The molecule has 0 aliphatic rings. The lowest BCUT2D eigenvalue weighted by atomic mass is 9.92. The van der Waals surface area contributed by atoms with Gasteiger partial charge in [0.05, 0.1) is 10.7 Å². The average Bonchev–Trinajstić information content (AvgIpc) is 2.55. The van der Waals surface area contributed by atoms with Gasteiger partial charge in [-0.1, -0.05) is 32.4 Å². The fraction of sp³-hybridized carbons (Fsp3) is 0.417. The molecule has 0 bridgehead atoms. The minimum Gasteiger partial charge on any atom is -0.280 e. The van der Waals surface area contributed by atoms with Crippen molar-refractivity contribution in [2.24, 2.45) is 5.18 Å². The molecular formula is C12H14ClN3O. The lowest BCUT2D eigenvalue weighted by Crippen LogP contribution is -2.11. The Balaban J connectivity index is 2.90. The number of hydrogen-bond acceptors (Lipinski definition) is 3. The van der Waals surface area contributed by atoms with E-state index in [1.165, 1.54) is 0 Å². The van der Waals surface area contributed by atoms with Gasteiger partial charge in [0.25, 0.3) is 0 Å². The summed E-state index contributed by atoms with van der Waals surface area (Å²) in [4.78, 5) is 15.5. The first-order valence-corrected chi connectivity index (χ1v) is 5.74. The molecule has 0 aliphatic heterocycles. The highest BCUT2D eigenvalue weighted by molar-refractivity contribution is 6.30. The zero-order chi connectivity index (χ0) is 12.8. The van der Waals surface area contributed by atoms with Crippen molar-refractivity contribution in [3.8, 4) is 0 Å². The number of rotatable bonds is 1. The summed E-state index contributed by atoms with van der Waals surface area (Å²) >= 11 is 5.98. The van der Waals surface area contributed by atoms with Crippen molar-refractivity contribution in [3.05, 3.63) is 33.5 Å². The van der Waals surface area contributed by atoms with Crippen LogP contribution in [0.3, 0.4) is 0 Å². The van der Waals surface area contributed by atoms with Gasteiger partial charge in [0, 0.05) is 11.6 Å². The highest BCUT2D eigenvalue weighted by atomic mass is 35.5. The van der Waals surface area contributed by atoms with E-state index in [2.05, 4.69) is 10.2 Å². The molecule has 2 rings (SSSR count). The highest BCUT2D eigenvalue weighted by Gasteiger charge is 2.25. The van der Waals surface area contributed by atoms with Crippen LogP contribution in [0.15, 0.2) is 17.4 Å². The van der Waals surface area contributed by atoms with Crippen LogP contribution in [0.5, 0.6) is 0 Å². The van der Waals surface area contributed by atoms with E-state index in [-0.39, 0.29) is 5.41 Å². The fourth-order valence-electron chi connectivity index (χ4n) is 1.85. The molecule has 2 heterocycles. The monoisotopic (exact) mass is 251 g/mol. The third-order valence-corrected chi connectivity index (χ3v) is 2.85. The lowest BCUT2D eigenvalue weighted by Gasteiger charge is -2.14.